The van der Waals surface area contributed by atoms with E-state index in [0.717, 1.165) is 30.2 Å². The van der Waals surface area contributed by atoms with Crippen molar-refractivity contribution in [2.45, 2.75) is 6.10 Å². The lowest BCUT2D eigenvalue weighted by atomic mass is 10.1. The number of hydrogen-bond acceptors (Lipinski definition) is 5. The minimum atomic E-state index is -0.351. The van der Waals surface area contributed by atoms with Gasteiger partial charge >= 0.3 is 5.97 Å². The summed E-state index contributed by atoms with van der Waals surface area (Å²) in [6.45, 7) is 1.48. The van der Waals surface area contributed by atoms with E-state index in [-0.39, 0.29) is 12.1 Å². The van der Waals surface area contributed by atoms with Gasteiger partial charge in [-0.05, 0) is 48.5 Å². The molecule has 6 nitrogen and oxygen atoms in total. The van der Waals surface area contributed by atoms with Gasteiger partial charge in [0.2, 0.25) is 0 Å². The molecule has 27 heavy (non-hydrogen) atoms. The van der Waals surface area contributed by atoms with Crippen LogP contribution in [0.1, 0.15) is 10.4 Å². The van der Waals surface area contributed by atoms with E-state index in [1.807, 2.05) is 65.5 Å². The fourth-order valence-corrected chi connectivity index (χ4v) is 3.26. The standard InChI is InChI=1S/C21H21N3O3/c1-26-21(25)18-5-4-6-19(20(18)23-11-2-3-12-23)24-13-17(14-24)27-16-9-7-15(22)8-10-16/h2-12,17H,13-14,22H2,1H3. The van der Waals surface area contributed by atoms with Gasteiger partial charge in [-0.1, -0.05) is 6.07 Å². The molecule has 0 aliphatic carbocycles. The molecule has 3 aromatic rings. The van der Waals surface area contributed by atoms with Crippen molar-refractivity contribution in [3.05, 3.63) is 72.6 Å². The molecule has 138 valence electrons. The van der Waals surface area contributed by atoms with Crippen LogP contribution in [0.5, 0.6) is 5.75 Å². The van der Waals surface area contributed by atoms with Crippen LogP contribution >= 0.6 is 0 Å². The summed E-state index contributed by atoms with van der Waals surface area (Å²) in [5.41, 5.74) is 8.76. The van der Waals surface area contributed by atoms with Crippen molar-refractivity contribution in [1.82, 2.24) is 4.57 Å². The molecule has 1 fully saturated rings. The summed E-state index contributed by atoms with van der Waals surface area (Å²) >= 11 is 0. The summed E-state index contributed by atoms with van der Waals surface area (Å²) in [7, 11) is 1.40. The fourth-order valence-electron chi connectivity index (χ4n) is 3.26. The fraction of sp³-hybridized carbons (Fsp3) is 0.190. The van der Waals surface area contributed by atoms with Crippen LogP contribution in [0.2, 0.25) is 0 Å². The van der Waals surface area contributed by atoms with Crippen LogP contribution in [0, 0.1) is 0 Å². The van der Waals surface area contributed by atoms with E-state index in [2.05, 4.69) is 4.90 Å². The zero-order valence-corrected chi connectivity index (χ0v) is 15.0. The van der Waals surface area contributed by atoms with Crippen LogP contribution in [-0.2, 0) is 4.74 Å². The van der Waals surface area contributed by atoms with Gasteiger partial charge in [-0.3, -0.25) is 0 Å². The number of nitrogens with zero attached hydrogens (tertiary/aromatic N) is 2. The van der Waals surface area contributed by atoms with E-state index in [1.165, 1.54) is 7.11 Å². The van der Waals surface area contributed by atoms with Crippen molar-refractivity contribution < 1.29 is 14.3 Å². The van der Waals surface area contributed by atoms with Crippen LogP contribution in [0.4, 0.5) is 11.4 Å². The summed E-state index contributed by atoms with van der Waals surface area (Å²) < 4.78 is 12.9. The smallest absolute Gasteiger partial charge is 0.340 e. The Morgan fingerprint density at radius 1 is 1.04 bits per heavy atom. The molecular weight excluding hydrogens is 342 g/mol. The number of hydrogen-bond donors (Lipinski definition) is 1. The Bertz CT molecular complexity index is 930. The SMILES string of the molecule is COC(=O)c1cccc(N2CC(Oc3ccc(N)cc3)C2)c1-n1cccc1. The highest BCUT2D eigenvalue weighted by Crippen LogP contribution is 2.33. The second-order valence-corrected chi connectivity index (χ2v) is 6.47. The van der Waals surface area contributed by atoms with E-state index >= 15 is 0 Å². The summed E-state index contributed by atoms with van der Waals surface area (Å²) in [6, 6.07) is 17.0. The van der Waals surface area contributed by atoms with E-state index in [0.29, 0.717) is 11.3 Å². The number of para-hydroxylation sites is 1. The molecule has 2 heterocycles. The lowest BCUT2D eigenvalue weighted by Gasteiger charge is -2.41. The lowest BCUT2D eigenvalue weighted by Crippen LogP contribution is -2.54. The number of rotatable bonds is 5. The molecule has 6 heteroatoms. The first-order valence-electron chi connectivity index (χ1n) is 8.77. The average Bonchev–Trinajstić information content (AvgIpc) is 3.19. The molecule has 0 saturated carbocycles. The third-order valence-electron chi connectivity index (χ3n) is 4.65. The summed E-state index contributed by atoms with van der Waals surface area (Å²) in [6.07, 6.45) is 3.94. The quantitative estimate of drug-likeness (QED) is 0.557. The largest absolute Gasteiger partial charge is 0.487 e. The maximum absolute atomic E-state index is 12.3. The zero-order chi connectivity index (χ0) is 18.8. The number of nitrogens with two attached hydrogens (primary N) is 1. The Balaban J connectivity index is 1.56. The topological polar surface area (TPSA) is 69.7 Å². The van der Waals surface area contributed by atoms with E-state index in [1.54, 1.807) is 6.07 Å². The number of esters is 1. The maximum Gasteiger partial charge on any atom is 0.340 e. The first-order valence-corrected chi connectivity index (χ1v) is 8.77. The van der Waals surface area contributed by atoms with E-state index in [4.69, 9.17) is 15.2 Å². The van der Waals surface area contributed by atoms with Crippen LogP contribution in [-0.4, -0.2) is 36.8 Å². The third kappa shape index (κ3) is 3.33. The summed E-state index contributed by atoms with van der Waals surface area (Å²) in [5.74, 6) is 0.457. The minimum Gasteiger partial charge on any atom is -0.487 e. The van der Waals surface area contributed by atoms with Gasteiger partial charge < -0.3 is 24.7 Å². The van der Waals surface area contributed by atoms with Crippen molar-refractivity contribution in [2.24, 2.45) is 0 Å². The van der Waals surface area contributed by atoms with Crippen LogP contribution in [0.3, 0.4) is 0 Å². The second kappa shape index (κ2) is 7.07. The number of carbonyl (C=O) groups is 1. The predicted molar refractivity (Wildman–Crippen MR) is 105 cm³/mol. The molecule has 0 radical (unpaired) electrons. The highest BCUT2D eigenvalue weighted by molar-refractivity contribution is 5.96. The molecule has 0 spiro atoms. The van der Waals surface area contributed by atoms with Crippen LogP contribution < -0.4 is 15.4 Å². The van der Waals surface area contributed by atoms with Crippen molar-refractivity contribution in [3.8, 4) is 11.4 Å². The minimum absolute atomic E-state index is 0.0907. The molecule has 1 saturated heterocycles. The van der Waals surface area contributed by atoms with Crippen LogP contribution in [0.25, 0.3) is 5.69 Å². The number of anilines is 2. The van der Waals surface area contributed by atoms with Gasteiger partial charge in [0.15, 0.2) is 0 Å². The van der Waals surface area contributed by atoms with Gasteiger partial charge in [0.05, 0.1) is 37.1 Å². The highest BCUT2D eigenvalue weighted by atomic mass is 16.5. The van der Waals surface area contributed by atoms with Gasteiger partial charge in [-0.25, -0.2) is 4.79 Å². The molecular formula is C21H21N3O3. The zero-order valence-electron chi connectivity index (χ0n) is 15.0. The molecule has 2 N–H and O–H groups in total. The third-order valence-corrected chi connectivity index (χ3v) is 4.65. The van der Waals surface area contributed by atoms with Crippen molar-refractivity contribution >= 4 is 17.3 Å². The Hall–Kier alpha value is -3.41. The van der Waals surface area contributed by atoms with Gasteiger partial charge in [0.25, 0.3) is 0 Å². The normalized spacial score (nSPS) is 13.9. The van der Waals surface area contributed by atoms with Gasteiger partial charge in [-0.15, -0.1) is 0 Å². The molecule has 4 rings (SSSR count). The summed E-state index contributed by atoms with van der Waals surface area (Å²) in [5, 5.41) is 0. The average molecular weight is 363 g/mol. The molecule has 2 aromatic carbocycles. The molecule has 1 aliphatic rings. The first-order chi connectivity index (χ1) is 13.2. The van der Waals surface area contributed by atoms with Crippen molar-refractivity contribution in [2.75, 3.05) is 30.8 Å². The number of methoxy groups -OCH3 is 1. The van der Waals surface area contributed by atoms with Gasteiger partial charge in [-0.2, -0.15) is 0 Å². The van der Waals surface area contributed by atoms with E-state index in [9.17, 15) is 4.79 Å². The molecule has 0 unspecified atom stereocenters. The Labute approximate surface area is 157 Å². The van der Waals surface area contributed by atoms with Gasteiger partial charge in [0.1, 0.15) is 11.9 Å². The highest BCUT2D eigenvalue weighted by Gasteiger charge is 2.31. The number of nitrogen functional groups attached to an aromatic ring is 1. The second-order valence-electron chi connectivity index (χ2n) is 6.47. The predicted octanol–water partition coefficient (Wildman–Crippen LogP) is 3.11. The number of aromatic nitrogens is 1. The molecule has 0 atom stereocenters. The molecule has 0 amide bonds. The van der Waals surface area contributed by atoms with Crippen molar-refractivity contribution in [1.29, 1.82) is 0 Å². The van der Waals surface area contributed by atoms with Crippen molar-refractivity contribution in [3.63, 3.8) is 0 Å². The Morgan fingerprint density at radius 2 is 1.74 bits per heavy atom. The number of benzene rings is 2. The van der Waals surface area contributed by atoms with Gasteiger partial charge in [0, 0.05) is 18.1 Å². The maximum atomic E-state index is 12.3. The number of ether oxygens (including phenoxy) is 2. The molecule has 1 aromatic heterocycles. The number of carbonyl (C=O) groups excluding carboxylic acids is 1. The molecule has 0 bridgehead atoms. The Morgan fingerprint density at radius 3 is 2.41 bits per heavy atom. The lowest BCUT2D eigenvalue weighted by molar-refractivity contribution is 0.0601. The molecule has 1 aliphatic heterocycles. The summed E-state index contributed by atoms with van der Waals surface area (Å²) in [4.78, 5) is 14.5. The van der Waals surface area contributed by atoms with E-state index < -0.39 is 0 Å². The first kappa shape index (κ1) is 17.0. The Kier molecular flexibility index (Phi) is 4.46. The monoisotopic (exact) mass is 363 g/mol. The van der Waals surface area contributed by atoms with Crippen LogP contribution in [0.15, 0.2) is 67.0 Å².